The fourth-order valence-corrected chi connectivity index (χ4v) is 1.32. The van der Waals surface area contributed by atoms with Crippen molar-refractivity contribution in [3.63, 3.8) is 0 Å². The molecule has 0 atom stereocenters. The van der Waals surface area contributed by atoms with Gasteiger partial charge in [-0.2, -0.15) is 5.10 Å². The Morgan fingerprint density at radius 1 is 1.43 bits per heavy atom. The van der Waals surface area contributed by atoms with Gasteiger partial charge in [0.15, 0.2) is 5.82 Å². The fourth-order valence-electron chi connectivity index (χ4n) is 1.11. The van der Waals surface area contributed by atoms with Gasteiger partial charge in [0.25, 0.3) is 0 Å². The average Bonchev–Trinajstić information content (AvgIpc) is 2.67. The highest BCUT2D eigenvalue weighted by molar-refractivity contribution is 6.32. The maximum atomic E-state index is 5.96. The quantitative estimate of drug-likeness (QED) is 0.755. The van der Waals surface area contributed by atoms with E-state index < -0.39 is 0 Å². The first-order valence-electron chi connectivity index (χ1n) is 4.10. The molecule has 0 unspecified atom stereocenters. The summed E-state index contributed by atoms with van der Waals surface area (Å²) in [5.41, 5.74) is 0.798. The van der Waals surface area contributed by atoms with Crippen LogP contribution in [0.15, 0.2) is 37.2 Å². The van der Waals surface area contributed by atoms with Crippen LogP contribution in [0.3, 0.4) is 0 Å². The maximum Gasteiger partial charge on any atom is 0.172 e. The van der Waals surface area contributed by atoms with E-state index in [9.17, 15) is 0 Å². The Morgan fingerprint density at radius 3 is 2.93 bits per heavy atom. The molecule has 0 bridgehead atoms. The van der Waals surface area contributed by atoms with Gasteiger partial charge < -0.3 is 0 Å². The molecule has 14 heavy (non-hydrogen) atoms. The fraction of sp³-hybridized carbons (Fsp3) is 0. The molecule has 2 heterocycles. The van der Waals surface area contributed by atoms with Crippen LogP contribution < -0.4 is 0 Å². The number of halogens is 1. The van der Waals surface area contributed by atoms with Crippen LogP contribution >= 0.6 is 11.6 Å². The number of nitrogens with zero attached hydrogens (tertiary/aromatic N) is 3. The van der Waals surface area contributed by atoms with Crippen LogP contribution in [-0.2, 0) is 0 Å². The summed E-state index contributed by atoms with van der Waals surface area (Å²) in [5, 5.41) is 4.79. The van der Waals surface area contributed by atoms with E-state index >= 15 is 0 Å². The number of pyridine rings is 1. The second-order valence-electron chi connectivity index (χ2n) is 2.70. The van der Waals surface area contributed by atoms with Gasteiger partial charge in [0.05, 0.1) is 10.7 Å². The third-order valence-corrected chi connectivity index (χ3v) is 2.07. The molecule has 0 saturated heterocycles. The molecule has 0 saturated carbocycles. The standard InChI is InChI=1S/C10H8ClN3/c1-2-8-5-7-14(13-8)10-9(11)4-3-6-12-10/h2-7H,1H2. The summed E-state index contributed by atoms with van der Waals surface area (Å²) < 4.78 is 1.62. The van der Waals surface area contributed by atoms with E-state index in [0.29, 0.717) is 10.8 Å². The minimum absolute atomic E-state index is 0.575. The van der Waals surface area contributed by atoms with Crippen LogP contribution in [0.2, 0.25) is 5.02 Å². The molecular weight excluding hydrogens is 198 g/mol. The molecule has 0 aliphatic rings. The number of hydrogen-bond donors (Lipinski definition) is 0. The van der Waals surface area contributed by atoms with Crippen LogP contribution in [0, 0.1) is 0 Å². The third kappa shape index (κ3) is 1.54. The van der Waals surface area contributed by atoms with Crippen molar-refractivity contribution in [3.05, 3.63) is 47.9 Å². The summed E-state index contributed by atoms with van der Waals surface area (Å²) in [6.45, 7) is 3.63. The van der Waals surface area contributed by atoms with Crippen molar-refractivity contribution in [2.45, 2.75) is 0 Å². The highest BCUT2D eigenvalue weighted by Crippen LogP contribution is 2.16. The molecule has 0 amide bonds. The van der Waals surface area contributed by atoms with Crippen molar-refractivity contribution in [2.75, 3.05) is 0 Å². The zero-order valence-electron chi connectivity index (χ0n) is 7.39. The van der Waals surface area contributed by atoms with E-state index in [2.05, 4.69) is 16.7 Å². The molecule has 2 aromatic rings. The van der Waals surface area contributed by atoms with Gasteiger partial charge >= 0.3 is 0 Å². The minimum atomic E-state index is 0.575. The molecule has 4 heteroatoms. The highest BCUT2D eigenvalue weighted by atomic mass is 35.5. The zero-order chi connectivity index (χ0) is 9.97. The van der Waals surface area contributed by atoms with Crippen molar-refractivity contribution >= 4 is 17.7 Å². The first kappa shape index (κ1) is 8.97. The van der Waals surface area contributed by atoms with Crippen LogP contribution in [0.5, 0.6) is 0 Å². The lowest BCUT2D eigenvalue weighted by atomic mass is 10.4. The summed E-state index contributed by atoms with van der Waals surface area (Å²) >= 11 is 5.96. The Morgan fingerprint density at radius 2 is 2.29 bits per heavy atom. The lowest BCUT2D eigenvalue weighted by Gasteiger charge is -2.00. The summed E-state index contributed by atoms with van der Waals surface area (Å²) in [6, 6.07) is 5.40. The lowest BCUT2D eigenvalue weighted by Crippen LogP contribution is -1.98. The van der Waals surface area contributed by atoms with Gasteiger partial charge in [-0.25, -0.2) is 9.67 Å². The van der Waals surface area contributed by atoms with E-state index in [1.165, 1.54) is 0 Å². The molecule has 2 aromatic heterocycles. The van der Waals surface area contributed by atoms with Gasteiger partial charge in [0.1, 0.15) is 0 Å². The molecule has 0 spiro atoms. The third-order valence-electron chi connectivity index (χ3n) is 1.77. The SMILES string of the molecule is C=Cc1ccn(-c2ncccc2Cl)n1. The molecular formula is C10H8ClN3. The molecule has 0 fully saturated rings. The maximum absolute atomic E-state index is 5.96. The zero-order valence-corrected chi connectivity index (χ0v) is 8.15. The van der Waals surface area contributed by atoms with Gasteiger partial charge in [-0.15, -0.1) is 0 Å². The Hall–Kier alpha value is -1.61. The van der Waals surface area contributed by atoms with Crippen molar-refractivity contribution in [3.8, 4) is 5.82 Å². The van der Waals surface area contributed by atoms with Crippen LogP contribution in [0.25, 0.3) is 11.9 Å². The minimum Gasteiger partial charge on any atom is -0.236 e. The average molecular weight is 206 g/mol. The van der Waals surface area contributed by atoms with E-state index in [-0.39, 0.29) is 0 Å². The van der Waals surface area contributed by atoms with Crippen LogP contribution in [0.4, 0.5) is 0 Å². The summed E-state index contributed by atoms with van der Waals surface area (Å²) in [7, 11) is 0. The van der Waals surface area contributed by atoms with Crippen molar-refractivity contribution in [1.82, 2.24) is 14.8 Å². The van der Waals surface area contributed by atoms with Crippen LogP contribution in [-0.4, -0.2) is 14.8 Å². The normalized spacial score (nSPS) is 10.1. The van der Waals surface area contributed by atoms with Crippen LogP contribution in [0.1, 0.15) is 5.69 Å². The largest absolute Gasteiger partial charge is 0.236 e. The smallest absolute Gasteiger partial charge is 0.172 e. The Bertz CT molecular complexity index is 462. The molecule has 0 N–H and O–H groups in total. The number of hydrogen-bond acceptors (Lipinski definition) is 2. The predicted octanol–water partition coefficient (Wildman–Crippen LogP) is 2.56. The second-order valence-corrected chi connectivity index (χ2v) is 3.11. The Kier molecular flexibility index (Phi) is 2.33. The van der Waals surface area contributed by atoms with Gasteiger partial charge in [-0.3, -0.25) is 0 Å². The molecule has 0 aromatic carbocycles. The molecule has 0 aliphatic heterocycles. The first-order valence-corrected chi connectivity index (χ1v) is 4.48. The second kappa shape index (κ2) is 3.64. The highest BCUT2D eigenvalue weighted by Gasteiger charge is 2.03. The topological polar surface area (TPSA) is 30.7 Å². The Labute approximate surface area is 86.7 Å². The molecule has 0 radical (unpaired) electrons. The lowest BCUT2D eigenvalue weighted by molar-refractivity contribution is 0.843. The van der Waals surface area contributed by atoms with E-state index in [0.717, 1.165) is 5.69 Å². The summed E-state index contributed by atoms with van der Waals surface area (Å²) in [6.07, 6.45) is 5.15. The molecule has 3 nitrogen and oxygen atoms in total. The van der Waals surface area contributed by atoms with Crippen molar-refractivity contribution < 1.29 is 0 Å². The molecule has 2 rings (SSSR count). The van der Waals surface area contributed by atoms with E-state index in [4.69, 9.17) is 11.6 Å². The Balaban J connectivity index is 2.49. The van der Waals surface area contributed by atoms with E-state index in [1.807, 2.05) is 6.07 Å². The predicted molar refractivity (Wildman–Crippen MR) is 56.5 cm³/mol. The van der Waals surface area contributed by atoms with Gasteiger partial charge in [0, 0.05) is 12.4 Å². The van der Waals surface area contributed by atoms with Gasteiger partial charge in [-0.05, 0) is 24.3 Å². The van der Waals surface area contributed by atoms with Crippen molar-refractivity contribution in [2.24, 2.45) is 0 Å². The molecule has 70 valence electrons. The summed E-state index contributed by atoms with van der Waals surface area (Å²) in [5.74, 6) is 0.627. The van der Waals surface area contributed by atoms with E-state index in [1.54, 1.807) is 35.3 Å². The monoisotopic (exact) mass is 205 g/mol. The number of rotatable bonds is 2. The molecule has 0 aliphatic carbocycles. The van der Waals surface area contributed by atoms with Crippen molar-refractivity contribution in [1.29, 1.82) is 0 Å². The first-order chi connectivity index (χ1) is 6.81. The van der Waals surface area contributed by atoms with Gasteiger partial charge in [0.2, 0.25) is 0 Å². The number of aromatic nitrogens is 3. The summed E-state index contributed by atoms with van der Waals surface area (Å²) in [4.78, 5) is 4.13. The van der Waals surface area contributed by atoms with Gasteiger partial charge in [-0.1, -0.05) is 18.2 Å².